The normalized spacial score (nSPS) is 26.3. The van der Waals surface area contributed by atoms with E-state index in [9.17, 15) is 18.0 Å². The third-order valence-electron chi connectivity index (χ3n) is 8.23. The molecular formula is C24H31N3O4S. The van der Waals surface area contributed by atoms with E-state index in [1.165, 1.54) is 5.56 Å². The number of benzene rings is 1. The number of carbonyl (C=O) groups is 2. The van der Waals surface area contributed by atoms with Crippen LogP contribution in [0.5, 0.6) is 0 Å². The molecule has 3 amide bonds. The number of nitrogens with zero attached hydrogens (tertiary/aromatic N) is 2. The Balaban J connectivity index is 0.959. The first-order chi connectivity index (χ1) is 15.3. The van der Waals surface area contributed by atoms with E-state index in [0.29, 0.717) is 30.3 Å². The van der Waals surface area contributed by atoms with Gasteiger partial charge in [-0.25, -0.2) is 13.2 Å². The topological polar surface area (TPSA) is 86.8 Å². The van der Waals surface area contributed by atoms with Crippen LogP contribution >= 0.6 is 0 Å². The van der Waals surface area contributed by atoms with Crippen LogP contribution < -0.4 is 5.32 Å². The Bertz CT molecular complexity index is 1040. The number of carbonyl (C=O) groups excluding carboxylic acids is 2. The maximum Gasteiger partial charge on any atom is 0.320 e. The number of hydrogen-bond donors (Lipinski definition) is 1. The van der Waals surface area contributed by atoms with Gasteiger partial charge in [-0.15, -0.1) is 0 Å². The zero-order valence-electron chi connectivity index (χ0n) is 18.4. The minimum absolute atomic E-state index is 0.117. The zero-order chi connectivity index (χ0) is 22.1. The Morgan fingerprint density at radius 2 is 1.69 bits per heavy atom. The van der Waals surface area contributed by atoms with Crippen molar-refractivity contribution in [2.45, 2.75) is 67.1 Å². The van der Waals surface area contributed by atoms with Crippen molar-refractivity contribution in [3.05, 3.63) is 29.8 Å². The number of amides is 3. The van der Waals surface area contributed by atoms with Crippen LogP contribution in [0, 0.1) is 11.3 Å². The number of rotatable bonds is 4. The third-order valence-corrected chi connectivity index (χ3v) is 10.5. The van der Waals surface area contributed by atoms with Crippen LogP contribution in [0.1, 0.15) is 50.5 Å². The van der Waals surface area contributed by atoms with Gasteiger partial charge < -0.3 is 15.1 Å². The van der Waals surface area contributed by atoms with E-state index < -0.39 is 9.84 Å². The van der Waals surface area contributed by atoms with E-state index in [4.69, 9.17) is 0 Å². The van der Waals surface area contributed by atoms with Gasteiger partial charge in [-0.1, -0.05) is 12.1 Å². The Morgan fingerprint density at radius 3 is 2.31 bits per heavy atom. The summed E-state index contributed by atoms with van der Waals surface area (Å²) in [5.41, 5.74) is 1.33. The minimum Gasteiger partial charge on any atom is -0.347 e. The zero-order valence-corrected chi connectivity index (χ0v) is 19.2. The van der Waals surface area contributed by atoms with Crippen LogP contribution in [0.15, 0.2) is 29.2 Å². The molecule has 1 N–H and O–H groups in total. The molecule has 0 atom stereocenters. The summed E-state index contributed by atoms with van der Waals surface area (Å²) in [6, 6.07) is 7.61. The molecule has 7 nitrogen and oxygen atoms in total. The lowest BCUT2D eigenvalue weighted by molar-refractivity contribution is -0.128. The van der Waals surface area contributed by atoms with Crippen molar-refractivity contribution >= 4 is 21.8 Å². The minimum atomic E-state index is -3.11. The molecule has 2 saturated carbocycles. The molecule has 2 aliphatic carbocycles. The van der Waals surface area contributed by atoms with Gasteiger partial charge in [-0.05, 0) is 68.6 Å². The lowest BCUT2D eigenvalue weighted by atomic mass is 9.56. The number of hydrogen-bond acceptors (Lipinski definition) is 4. The molecule has 172 valence electrons. The number of sulfone groups is 1. The Kier molecular flexibility index (Phi) is 4.46. The summed E-state index contributed by atoms with van der Waals surface area (Å²) < 4.78 is 24.7. The summed E-state index contributed by atoms with van der Waals surface area (Å²) in [6.07, 6.45) is 7.34. The van der Waals surface area contributed by atoms with E-state index in [2.05, 4.69) is 5.32 Å². The fourth-order valence-corrected chi connectivity index (χ4v) is 8.11. The highest BCUT2D eigenvalue weighted by atomic mass is 32.2. The summed E-state index contributed by atoms with van der Waals surface area (Å²) in [4.78, 5) is 28.8. The Hall–Kier alpha value is -2.09. The van der Waals surface area contributed by atoms with Crippen LogP contribution in [0.2, 0.25) is 0 Å². The molecule has 1 aromatic rings. The number of likely N-dealkylation sites (tertiary alicyclic amines) is 2. The summed E-state index contributed by atoms with van der Waals surface area (Å²) in [5, 5.41) is 2.93. The lowest BCUT2D eigenvalue weighted by Gasteiger charge is -2.61. The van der Waals surface area contributed by atoms with Gasteiger partial charge in [-0.2, -0.15) is 0 Å². The first-order valence-corrected chi connectivity index (χ1v) is 13.5. The fraction of sp³-hybridized carbons (Fsp3) is 0.667. The molecule has 2 spiro atoms. The second-order valence-electron chi connectivity index (χ2n) is 11.0. The highest BCUT2D eigenvalue weighted by molar-refractivity contribution is 7.92. The molecule has 32 heavy (non-hydrogen) atoms. The van der Waals surface area contributed by atoms with Gasteiger partial charge in [0.05, 0.1) is 15.7 Å². The van der Waals surface area contributed by atoms with Gasteiger partial charge in [-0.3, -0.25) is 4.79 Å². The van der Waals surface area contributed by atoms with Crippen molar-refractivity contribution in [1.82, 2.24) is 15.1 Å². The van der Waals surface area contributed by atoms with E-state index >= 15 is 0 Å². The third kappa shape index (κ3) is 3.42. The molecule has 1 aromatic carbocycles. The molecule has 0 radical (unpaired) electrons. The van der Waals surface area contributed by atoms with Crippen LogP contribution in [0.25, 0.3) is 0 Å². The molecule has 3 saturated heterocycles. The lowest BCUT2D eigenvalue weighted by Crippen LogP contribution is -2.75. The average Bonchev–Trinajstić information content (AvgIpc) is 3.52. The Morgan fingerprint density at radius 1 is 1.03 bits per heavy atom. The van der Waals surface area contributed by atoms with Crippen LogP contribution in [-0.2, 0) is 21.1 Å². The molecule has 3 aliphatic heterocycles. The molecule has 0 unspecified atom stereocenters. The second-order valence-corrected chi connectivity index (χ2v) is 13.3. The van der Waals surface area contributed by atoms with Gasteiger partial charge in [0.25, 0.3) is 0 Å². The van der Waals surface area contributed by atoms with Crippen molar-refractivity contribution in [2.75, 3.05) is 26.2 Å². The molecule has 5 fully saturated rings. The quantitative estimate of drug-likeness (QED) is 0.752. The standard InChI is InChI=1S/C24H31N3O4S/c28-21-2-1-9-24(25-21)15-27(16-24)22(29)26-13-23(14-26)11-18(12-23)10-17-3-5-19(6-4-17)32(30,31)20-7-8-20/h3-6,18,20H,1-2,7-16H2,(H,25,28). The Labute approximate surface area is 189 Å². The summed E-state index contributed by atoms with van der Waals surface area (Å²) in [5.74, 6) is 0.730. The van der Waals surface area contributed by atoms with E-state index in [0.717, 1.165) is 58.0 Å². The molecule has 6 rings (SSSR count). The molecule has 0 bridgehead atoms. The van der Waals surface area contributed by atoms with Crippen molar-refractivity contribution < 1.29 is 18.0 Å². The predicted molar refractivity (Wildman–Crippen MR) is 119 cm³/mol. The van der Waals surface area contributed by atoms with Gasteiger partial charge >= 0.3 is 6.03 Å². The number of piperidine rings is 1. The SMILES string of the molecule is O=C1CCCC2(CN(C(=O)N3CC4(CC(Cc5ccc(S(=O)(=O)C6CC6)cc5)C4)C3)C2)N1. The predicted octanol–water partition coefficient (Wildman–Crippen LogP) is 2.35. The fourth-order valence-electron chi connectivity index (χ4n) is 6.45. The monoisotopic (exact) mass is 457 g/mol. The first-order valence-electron chi connectivity index (χ1n) is 11.9. The molecule has 5 aliphatic rings. The second kappa shape index (κ2) is 6.95. The van der Waals surface area contributed by atoms with Crippen molar-refractivity contribution in [3.63, 3.8) is 0 Å². The van der Waals surface area contributed by atoms with Crippen LogP contribution in [-0.4, -0.2) is 67.1 Å². The summed E-state index contributed by atoms with van der Waals surface area (Å²) in [7, 11) is -3.11. The largest absolute Gasteiger partial charge is 0.347 e. The highest BCUT2D eigenvalue weighted by Crippen LogP contribution is 2.53. The number of urea groups is 1. The molecule has 3 heterocycles. The van der Waals surface area contributed by atoms with E-state index in [1.54, 1.807) is 12.1 Å². The molecule has 8 heteroatoms. The van der Waals surface area contributed by atoms with Crippen LogP contribution in [0.3, 0.4) is 0 Å². The first kappa shape index (κ1) is 20.5. The van der Waals surface area contributed by atoms with E-state index in [-0.39, 0.29) is 28.1 Å². The summed E-state index contributed by atoms with van der Waals surface area (Å²) >= 11 is 0. The maximum absolute atomic E-state index is 12.8. The maximum atomic E-state index is 12.8. The number of nitrogens with one attached hydrogen (secondary N) is 1. The van der Waals surface area contributed by atoms with E-state index in [1.807, 2.05) is 21.9 Å². The van der Waals surface area contributed by atoms with Gasteiger partial charge in [0.2, 0.25) is 5.91 Å². The van der Waals surface area contributed by atoms with Gasteiger partial charge in [0.1, 0.15) is 0 Å². The van der Waals surface area contributed by atoms with Gasteiger partial charge in [0.15, 0.2) is 9.84 Å². The van der Waals surface area contributed by atoms with Gasteiger partial charge in [0, 0.05) is 38.0 Å². The highest BCUT2D eigenvalue weighted by Gasteiger charge is 2.56. The van der Waals surface area contributed by atoms with Crippen molar-refractivity contribution in [1.29, 1.82) is 0 Å². The van der Waals surface area contributed by atoms with Crippen molar-refractivity contribution in [2.24, 2.45) is 11.3 Å². The average molecular weight is 458 g/mol. The van der Waals surface area contributed by atoms with Crippen LogP contribution in [0.4, 0.5) is 4.79 Å². The summed E-state index contributed by atoms with van der Waals surface area (Å²) in [6.45, 7) is 2.99. The molecular weight excluding hydrogens is 426 g/mol. The van der Waals surface area contributed by atoms with Crippen molar-refractivity contribution in [3.8, 4) is 0 Å². The smallest absolute Gasteiger partial charge is 0.320 e. The molecule has 0 aromatic heterocycles.